The molecule has 0 radical (unpaired) electrons. The molecule has 0 aromatic rings. The summed E-state index contributed by atoms with van der Waals surface area (Å²) >= 11 is 0. The van der Waals surface area contributed by atoms with Gasteiger partial charge in [0.2, 0.25) is 19.8 Å². The highest BCUT2D eigenvalue weighted by atomic mass is 28.3. The number of hydrogen-bond donors (Lipinski definition) is 0. The zero-order chi connectivity index (χ0) is 7.40. The fraction of sp³-hybridized carbons (Fsp3) is 1.00. The standard InChI is InChI=1S/C2H14N2O2Si4/c7-3-1-5-2-4(8)10-6-9-3/h1-2,9-10H2,7-8H3. The van der Waals surface area contributed by atoms with Crippen molar-refractivity contribution in [2.24, 2.45) is 0 Å². The lowest BCUT2D eigenvalue weighted by Crippen LogP contribution is -2.41. The van der Waals surface area contributed by atoms with Crippen molar-refractivity contribution in [1.82, 2.24) is 8.46 Å². The van der Waals surface area contributed by atoms with E-state index in [1.54, 1.807) is 0 Å². The van der Waals surface area contributed by atoms with Crippen LogP contribution >= 0.6 is 0 Å². The summed E-state index contributed by atoms with van der Waals surface area (Å²) in [5.74, 6) is 0. The number of hydrogen-bond acceptors (Lipinski definition) is 4. The highest BCUT2D eigenvalue weighted by molar-refractivity contribution is 6.47. The molecule has 0 saturated carbocycles. The fourth-order valence-corrected chi connectivity index (χ4v) is 7.66. The Morgan fingerprint density at radius 2 is 1.60 bits per heavy atom. The zero-order valence-electron chi connectivity index (χ0n) is 6.54. The predicted octanol–water partition coefficient (Wildman–Crippen LogP) is -4.89. The van der Waals surface area contributed by atoms with Crippen LogP contribution < -0.4 is 0 Å². The Labute approximate surface area is 71.9 Å². The molecule has 0 bridgehead atoms. The summed E-state index contributed by atoms with van der Waals surface area (Å²) in [4.78, 5) is 0. The molecule has 0 aliphatic carbocycles. The first-order valence-corrected chi connectivity index (χ1v) is 7.52. The molecule has 1 heterocycles. The average molecular weight is 210 g/mol. The number of rotatable bonds is 0. The second kappa shape index (κ2) is 4.56. The summed E-state index contributed by atoms with van der Waals surface area (Å²) in [5.41, 5.74) is 0. The van der Waals surface area contributed by atoms with E-state index in [0.717, 1.165) is 34.3 Å². The first kappa shape index (κ1) is 8.80. The van der Waals surface area contributed by atoms with E-state index in [4.69, 9.17) is 8.85 Å². The van der Waals surface area contributed by atoms with Gasteiger partial charge in [-0.1, -0.05) is 0 Å². The van der Waals surface area contributed by atoms with Crippen LogP contribution in [-0.2, 0) is 8.85 Å². The van der Waals surface area contributed by atoms with Crippen molar-refractivity contribution < 1.29 is 8.85 Å². The molecule has 8 heteroatoms. The predicted molar refractivity (Wildman–Crippen MR) is 52.5 cm³/mol. The summed E-state index contributed by atoms with van der Waals surface area (Å²) in [7, 11) is 1.51. The van der Waals surface area contributed by atoms with E-state index in [1.807, 2.05) is 0 Å². The fourth-order valence-electron chi connectivity index (χ4n) is 0.780. The Morgan fingerprint density at radius 1 is 1.10 bits per heavy atom. The molecule has 0 aromatic heterocycles. The Hall–Kier alpha value is 0.708. The molecular formula is C2H14N2O2Si4. The monoisotopic (exact) mass is 210 g/mol. The zero-order valence-corrected chi connectivity index (χ0v) is 13.4. The van der Waals surface area contributed by atoms with Crippen LogP contribution in [0.3, 0.4) is 0 Å². The summed E-state index contributed by atoms with van der Waals surface area (Å²) < 4.78 is 15.6. The first-order valence-electron chi connectivity index (χ1n) is 3.31. The van der Waals surface area contributed by atoms with E-state index >= 15 is 0 Å². The molecule has 1 aliphatic heterocycles. The van der Waals surface area contributed by atoms with Crippen LogP contribution in [0.15, 0.2) is 0 Å². The van der Waals surface area contributed by atoms with Crippen LogP contribution in [0.25, 0.3) is 0 Å². The van der Waals surface area contributed by atoms with Gasteiger partial charge < -0.3 is 17.3 Å². The molecule has 0 N–H and O–H groups in total. The van der Waals surface area contributed by atoms with Crippen molar-refractivity contribution in [3.63, 3.8) is 0 Å². The third-order valence-electron chi connectivity index (χ3n) is 1.25. The van der Waals surface area contributed by atoms with Gasteiger partial charge in [-0.2, -0.15) is 0 Å². The van der Waals surface area contributed by atoms with Crippen molar-refractivity contribution in [2.45, 2.75) is 0 Å². The molecule has 1 fully saturated rings. The number of nitrogens with zero attached hydrogens (tertiary/aromatic N) is 2. The van der Waals surface area contributed by atoms with Gasteiger partial charge in [-0.15, -0.1) is 0 Å². The van der Waals surface area contributed by atoms with E-state index in [9.17, 15) is 0 Å². The molecule has 0 aromatic carbocycles. The van der Waals surface area contributed by atoms with Gasteiger partial charge in [-0.05, 0) is 0 Å². The molecule has 1 aliphatic rings. The third kappa shape index (κ3) is 3.20. The minimum Gasteiger partial charge on any atom is -0.442 e. The van der Waals surface area contributed by atoms with Crippen molar-refractivity contribution in [3.8, 4) is 0 Å². The topological polar surface area (TPSA) is 24.9 Å². The van der Waals surface area contributed by atoms with E-state index in [-0.39, 0.29) is 19.8 Å². The largest absolute Gasteiger partial charge is 0.442 e. The van der Waals surface area contributed by atoms with Gasteiger partial charge in [0.15, 0.2) is 0 Å². The quantitative estimate of drug-likeness (QED) is 0.374. The summed E-state index contributed by atoms with van der Waals surface area (Å²) in [6.45, 7) is 1.62. The number of ether oxygens (including phenoxy) is 1. The summed E-state index contributed by atoms with van der Waals surface area (Å²) in [6, 6.07) is 0. The van der Waals surface area contributed by atoms with Gasteiger partial charge in [0.05, 0.1) is 34.3 Å². The van der Waals surface area contributed by atoms with Crippen molar-refractivity contribution in [2.75, 3.05) is 13.5 Å². The maximum Gasteiger partial charge on any atom is 0.222 e. The second-order valence-electron chi connectivity index (χ2n) is 2.64. The normalized spacial score (nSPS) is 31.2. The van der Waals surface area contributed by atoms with E-state index in [1.165, 1.54) is 0 Å². The minimum atomic E-state index is -0.344. The van der Waals surface area contributed by atoms with Crippen LogP contribution in [0.4, 0.5) is 0 Å². The Bertz CT molecular complexity index is 85.3. The van der Waals surface area contributed by atoms with Crippen molar-refractivity contribution in [3.05, 3.63) is 0 Å². The Balaban J connectivity index is 2.21. The van der Waals surface area contributed by atoms with Crippen LogP contribution in [0.2, 0.25) is 0 Å². The van der Waals surface area contributed by atoms with Crippen LogP contribution in [0.5, 0.6) is 0 Å². The van der Waals surface area contributed by atoms with Gasteiger partial charge in [0.1, 0.15) is 0 Å². The summed E-state index contributed by atoms with van der Waals surface area (Å²) in [5, 5.41) is 0. The van der Waals surface area contributed by atoms with Gasteiger partial charge in [0, 0.05) is 0 Å². The van der Waals surface area contributed by atoms with Gasteiger partial charge in [0.25, 0.3) is 0 Å². The van der Waals surface area contributed by atoms with E-state index in [0.29, 0.717) is 0 Å². The molecule has 0 atom stereocenters. The first-order chi connectivity index (χ1) is 4.79. The molecule has 10 heavy (non-hydrogen) atoms. The molecule has 1 saturated heterocycles. The van der Waals surface area contributed by atoms with E-state index < -0.39 is 0 Å². The highest BCUT2D eigenvalue weighted by Gasteiger charge is 2.06. The maximum atomic E-state index is 5.62. The molecule has 1 rings (SSSR count). The molecule has 0 amide bonds. The third-order valence-corrected chi connectivity index (χ3v) is 6.02. The lowest BCUT2D eigenvalue weighted by atomic mass is 11.2. The molecule has 4 nitrogen and oxygen atoms in total. The molecule has 60 valence electrons. The molecule has 0 spiro atoms. The van der Waals surface area contributed by atoms with Crippen molar-refractivity contribution >= 4 is 40.7 Å². The second-order valence-corrected chi connectivity index (χ2v) is 12.0. The van der Waals surface area contributed by atoms with Crippen LogP contribution in [-0.4, -0.2) is 62.6 Å². The minimum absolute atomic E-state index is 0.344. The van der Waals surface area contributed by atoms with Crippen LogP contribution in [0, 0.1) is 0 Å². The Morgan fingerprint density at radius 3 is 2.10 bits per heavy atom. The smallest absolute Gasteiger partial charge is 0.222 e. The average Bonchev–Trinajstić information content (AvgIpc) is 1.84. The lowest BCUT2D eigenvalue weighted by molar-refractivity contribution is 0.0590. The lowest BCUT2D eigenvalue weighted by Gasteiger charge is -2.25. The van der Waals surface area contributed by atoms with Crippen molar-refractivity contribution in [1.29, 1.82) is 0 Å². The summed E-state index contributed by atoms with van der Waals surface area (Å²) in [6.07, 6.45) is 0. The van der Waals surface area contributed by atoms with Gasteiger partial charge in [-0.3, -0.25) is 0 Å². The Kier molecular flexibility index (Phi) is 4.01. The molecular weight excluding hydrogens is 196 g/mol. The van der Waals surface area contributed by atoms with Crippen LogP contribution in [0.1, 0.15) is 0 Å². The SMILES string of the molecule is [SiH3]N1COCN([SiH3])[SiH2]O[SiH2]1. The van der Waals surface area contributed by atoms with Gasteiger partial charge >= 0.3 is 0 Å². The van der Waals surface area contributed by atoms with Gasteiger partial charge in [-0.25, -0.2) is 0 Å². The maximum absolute atomic E-state index is 5.62. The van der Waals surface area contributed by atoms with E-state index in [2.05, 4.69) is 8.46 Å². The highest BCUT2D eigenvalue weighted by Crippen LogP contribution is 1.89. The molecule has 0 unspecified atom stereocenters.